The number of hydrogen-bond acceptors (Lipinski definition) is 5. The Morgan fingerprint density at radius 3 is 2.64 bits per heavy atom. The quantitative estimate of drug-likeness (QED) is 0.747. The van der Waals surface area contributed by atoms with Crippen LogP contribution in [0.4, 0.5) is 0 Å². The average Bonchev–Trinajstić information content (AvgIpc) is 3.17. The van der Waals surface area contributed by atoms with Gasteiger partial charge in [-0.15, -0.1) is 16.4 Å². The molecule has 0 spiro atoms. The molecular formula is C17H18N4O3S. The number of amides is 1. The van der Waals surface area contributed by atoms with E-state index in [2.05, 4.69) is 15.4 Å². The summed E-state index contributed by atoms with van der Waals surface area (Å²) < 4.78 is 2.49. The van der Waals surface area contributed by atoms with E-state index in [-0.39, 0.29) is 22.8 Å². The molecule has 0 aliphatic heterocycles. The number of rotatable bonds is 4. The van der Waals surface area contributed by atoms with Crippen LogP contribution in [0.5, 0.6) is 0 Å². The maximum atomic E-state index is 12.3. The van der Waals surface area contributed by atoms with Gasteiger partial charge in [0.15, 0.2) is 0 Å². The summed E-state index contributed by atoms with van der Waals surface area (Å²) in [5.41, 5.74) is 0.322. The van der Waals surface area contributed by atoms with E-state index in [1.54, 1.807) is 4.68 Å². The van der Waals surface area contributed by atoms with Crippen LogP contribution in [-0.4, -0.2) is 31.7 Å². The highest BCUT2D eigenvalue weighted by molar-refractivity contribution is 7.21. The number of carbonyl (C=O) groups is 2. The third-order valence-electron chi connectivity index (χ3n) is 3.70. The molecule has 2 N–H and O–H groups in total. The highest BCUT2D eigenvalue weighted by Crippen LogP contribution is 2.31. The van der Waals surface area contributed by atoms with Crippen molar-refractivity contribution >= 4 is 33.3 Å². The Hall–Kier alpha value is -2.74. The molecule has 0 bridgehead atoms. The van der Waals surface area contributed by atoms with Crippen molar-refractivity contribution in [3.8, 4) is 0 Å². The van der Waals surface area contributed by atoms with E-state index in [9.17, 15) is 14.7 Å². The molecule has 0 aliphatic rings. The molecule has 3 aromatic rings. The maximum absolute atomic E-state index is 12.3. The number of hydrogen-bond donors (Lipinski definition) is 2. The minimum Gasteiger partial charge on any atom is -0.477 e. The first-order valence-corrected chi connectivity index (χ1v) is 8.53. The highest BCUT2D eigenvalue weighted by Gasteiger charge is 2.21. The first-order valence-electron chi connectivity index (χ1n) is 7.71. The Bertz CT molecular complexity index is 952. The molecule has 0 radical (unpaired) electrons. The SMILES string of the molecule is CC(C)(C)n1cnc(C(=O)NCc2c(C(=O)O)sc3ccccc23)n1. The Kier molecular flexibility index (Phi) is 4.30. The third-order valence-corrected chi connectivity index (χ3v) is 4.90. The van der Waals surface area contributed by atoms with Crippen LogP contribution in [0.25, 0.3) is 10.1 Å². The van der Waals surface area contributed by atoms with Gasteiger partial charge >= 0.3 is 5.97 Å². The van der Waals surface area contributed by atoms with Crippen LogP contribution in [-0.2, 0) is 12.1 Å². The molecule has 0 aliphatic carbocycles. The highest BCUT2D eigenvalue weighted by atomic mass is 32.1. The molecule has 1 aromatic carbocycles. The Morgan fingerprint density at radius 2 is 2.00 bits per heavy atom. The molecule has 130 valence electrons. The molecule has 2 aromatic heterocycles. The second kappa shape index (κ2) is 6.29. The lowest BCUT2D eigenvalue weighted by Crippen LogP contribution is -2.26. The summed E-state index contributed by atoms with van der Waals surface area (Å²) in [7, 11) is 0. The molecule has 0 unspecified atom stereocenters. The van der Waals surface area contributed by atoms with Crippen molar-refractivity contribution in [2.45, 2.75) is 32.9 Å². The van der Waals surface area contributed by atoms with E-state index in [0.29, 0.717) is 5.56 Å². The van der Waals surface area contributed by atoms with Gasteiger partial charge in [0, 0.05) is 16.8 Å². The number of carbonyl (C=O) groups excluding carboxylic acids is 1. The maximum Gasteiger partial charge on any atom is 0.346 e. The zero-order valence-corrected chi connectivity index (χ0v) is 14.9. The van der Waals surface area contributed by atoms with Crippen molar-refractivity contribution in [1.82, 2.24) is 20.1 Å². The van der Waals surface area contributed by atoms with Crippen molar-refractivity contribution < 1.29 is 14.7 Å². The first kappa shape index (κ1) is 17.1. The Labute approximate surface area is 148 Å². The summed E-state index contributed by atoms with van der Waals surface area (Å²) in [6.07, 6.45) is 1.51. The van der Waals surface area contributed by atoms with E-state index >= 15 is 0 Å². The number of carboxylic acids is 1. The van der Waals surface area contributed by atoms with Gasteiger partial charge in [-0.1, -0.05) is 18.2 Å². The topological polar surface area (TPSA) is 97.1 Å². The summed E-state index contributed by atoms with van der Waals surface area (Å²) in [5.74, 6) is -1.37. The molecular weight excluding hydrogens is 340 g/mol. The number of fused-ring (bicyclic) bond motifs is 1. The molecule has 2 heterocycles. The van der Waals surface area contributed by atoms with Gasteiger partial charge in [-0.3, -0.25) is 4.79 Å². The zero-order chi connectivity index (χ0) is 18.2. The van der Waals surface area contributed by atoms with Crippen LogP contribution in [0.3, 0.4) is 0 Å². The van der Waals surface area contributed by atoms with Crippen LogP contribution in [0.1, 0.15) is 46.6 Å². The Morgan fingerprint density at radius 1 is 1.28 bits per heavy atom. The molecule has 7 nitrogen and oxygen atoms in total. The van der Waals surface area contributed by atoms with Crippen molar-refractivity contribution in [1.29, 1.82) is 0 Å². The molecule has 8 heteroatoms. The number of benzene rings is 1. The molecule has 0 atom stereocenters. The Balaban J connectivity index is 1.83. The van der Waals surface area contributed by atoms with Gasteiger partial charge in [0.2, 0.25) is 5.82 Å². The smallest absolute Gasteiger partial charge is 0.346 e. The number of nitrogens with zero attached hydrogens (tertiary/aromatic N) is 3. The molecule has 1 amide bonds. The lowest BCUT2D eigenvalue weighted by atomic mass is 10.1. The molecule has 0 saturated heterocycles. The fraction of sp³-hybridized carbons (Fsp3) is 0.294. The lowest BCUT2D eigenvalue weighted by molar-refractivity contribution is 0.0700. The summed E-state index contributed by atoms with van der Waals surface area (Å²) >= 11 is 1.20. The van der Waals surface area contributed by atoms with Crippen LogP contribution in [0, 0.1) is 0 Å². The predicted molar refractivity (Wildman–Crippen MR) is 95.0 cm³/mol. The standard InChI is InChI=1S/C17H18N4O3S/c1-17(2,3)21-9-19-14(20-21)15(22)18-8-11-10-6-4-5-7-12(10)25-13(11)16(23)24/h4-7,9H,8H2,1-3H3,(H,18,22)(H,23,24). The van der Waals surface area contributed by atoms with E-state index in [0.717, 1.165) is 10.1 Å². The van der Waals surface area contributed by atoms with E-state index in [1.807, 2.05) is 45.0 Å². The van der Waals surface area contributed by atoms with Crippen LogP contribution < -0.4 is 5.32 Å². The van der Waals surface area contributed by atoms with Gasteiger partial charge in [-0.2, -0.15) is 0 Å². The van der Waals surface area contributed by atoms with Gasteiger partial charge in [-0.25, -0.2) is 14.5 Å². The van der Waals surface area contributed by atoms with Crippen molar-refractivity contribution in [2.24, 2.45) is 0 Å². The number of thiophene rings is 1. The minimum absolute atomic E-state index is 0.0614. The summed E-state index contributed by atoms with van der Waals surface area (Å²) in [6, 6.07) is 7.42. The third kappa shape index (κ3) is 3.39. The van der Waals surface area contributed by atoms with Gasteiger partial charge < -0.3 is 10.4 Å². The minimum atomic E-state index is -0.999. The van der Waals surface area contributed by atoms with Crippen molar-refractivity contribution in [3.63, 3.8) is 0 Å². The normalized spacial score (nSPS) is 11.6. The van der Waals surface area contributed by atoms with Crippen LogP contribution >= 0.6 is 11.3 Å². The number of aromatic carboxylic acids is 1. The molecule has 0 fully saturated rings. The lowest BCUT2D eigenvalue weighted by Gasteiger charge is -2.17. The van der Waals surface area contributed by atoms with Gasteiger partial charge in [0.25, 0.3) is 5.91 Å². The van der Waals surface area contributed by atoms with Gasteiger partial charge in [0.1, 0.15) is 11.2 Å². The molecule has 25 heavy (non-hydrogen) atoms. The van der Waals surface area contributed by atoms with Crippen molar-refractivity contribution in [3.05, 3.63) is 46.9 Å². The first-order chi connectivity index (χ1) is 11.8. The summed E-state index contributed by atoms with van der Waals surface area (Å²) in [6.45, 7) is 5.98. The second-order valence-corrected chi connectivity index (χ2v) is 7.63. The van der Waals surface area contributed by atoms with E-state index < -0.39 is 11.9 Å². The van der Waals surface area contributed by atoms with Gasteiger partial charge in [0.05, 0.1) is 5.54 Å². The summed E-state index contributed by atoms with van der Waals surface area (Å²) in [5, 5.41) is 17.1. The number of carboxylic acid groups (broad SMARTS) is 1. The monoisotopic (exact) mass is 358 g/mol. The molecule has 3 rings (SSSR count). The predicted octanol–water partition coefficient (Wildman–Crippen LogP) is 2.88. The average molecular weight is 358 g/mol. The summed E-state index contributed by atoms with van der Waals surface area (Å²) in [4.78, 5) is 28.1. The number of nitrogens with one attached hydrogen (secondary N) is 1. The fourth-order valence-electron chi connectivity index (χ4n) is 2.39. The van der Waals surface area contributed by atoms with Crippen LogP contribution in [0.2, 0.25) is 0 Å². The number of aromatic nitrogens is 3. The van der Waals surface area contributed by atoms with E-state index in [1.165, 1.54) is 17.7 Å². The largest absolute Gasteiger partial charge is 0.477 e. The van der Waals surface area contributed by atoms with Crippen LogP contribution in [0.15, 0.2) is 30.6 Å². The van der Waals surface area contributed by atoms with E-state index in [4.69, 9.17) is 0 Å². The fourth-order valence-corrected chi connectivity index (χ4v) is 3.45. The zero-order valence-electron chi connectivity index (χ0n) is 14.1. The molecule has 0 saturated carbocycles. The second-order valence-electron chi connectivity index (χ2n) is 6.58. The van der Waals surface area contributed by atoms with Crippen molar-refractivity contribution in [2.75, 3.05) is 0 Å². The van der Waals surface area contributed by atoms with Gasteiger partial charge in [-0.05, 0) is 32.2 Å².